The molecule has 2 heterocycles. The highest BCUT2D eigenvalue weighted by atomic mass is 15.4. The Hall–Kier alpha value is -2.49. The maximum Gasteiger partial charge on any atom is 0.155 e. The van der Waals surface area contributed by atoms with E-state index in [0.29, 0.717) is 0 Å². The highest BCUT2D eigenvalue weighted by Crippen LogP contribution is 2.17. The number of rotatable bonds is 2. The molecule has 0 aliphatic heterocycles. The Morgan fingerprint density at radius 2 is 1.76 bits per heavy atom. The van der Waals surface area contributed by atoms with E-state index >= 15 is 0 Å². The van der Waals surface area contributed by atoms with E-state index in [1.807, 2.05) is 48.5 Å². The third-order valence-electron chi connectivity index (χ3n) is 2.46. The Kier molecular flexibility index (Phi) is 2.38. The predicted octanol–water partition coefficient (Wildman–Crippen LogP) is 2.33. The van der Waals surface area contributed by atoms with Crippen LogP contribution in [0.2, 0.25) is 0 Å². The van der Waals surface area contributed by atoms with Crippen molar-refractivity contribution >= 4 is 0 Å². The lowest BCUT2D eigenvalue weighted by molar-refractivity contribution is 0.782. The maximum absolute atomic E-state index is 4.55. The number of nitrogens with zero attached hydrogens (tertiary/aromatic N) is 4. The van der Waals surface area contributed by atoms with Crippen LogP contribution in [0.25, 0.3) is 17.1 Å². The van der Waals surface area contributed by atoms with E-state index in [2.05, 4.69) is 15.3 Å². The number of aromatic nitrogens is 4. The summed E-state index contributed by atoms with van der Waals surface area (Å²) < 4.78 is 1.65. The molecule has 0 amide bonds. The van der Waals surface area contributed by atoms with Crippen molar-refractivity contribution in [2.75, 3.05) is 0 Å². The zero-order valence-corrected chi connectivity index (χ0v) is 9.06. The van der Waals surface area contributed by atoms with Gasteiger partial charge in [0.05, 0.1) is 18.1 Å². The summed E-state index contributed by atoms with van der Waals surface area (Å²) in [5.74, 6) is 0.767. The van der Waals surface area contributed by atoms with Crippen molar-refractivity contribution in [3.05, 3.63) is 60.9 Å². The van der Waals surface area contributed by atoms with Crippen LogP contribution < -0.4 is 0 Å². The topological polar surface area (TPSA) is 43.6 Å². The largest absolute Gasteiger partial charge is 0.229 e. The molecule has 0 spiro atoms. The molecular weight excluding hydrogens is 212 g/mol. The molecule has 82 valence electrons. The van der Waals surface area contributed by atoms with Gasteiger partial charge in [-0.15, -0.1) is 5.10 Å². The van der Waals surface area contributed by atoms with Gasteiger partial charge in [-0.2, -0.15) is 0 Å². The third-order valence-corrected chi connectivity index (χ3v) is 2.46. The lowest BCUT2D eigenvalue weighted by atomic mass is 10.1. The first-order valence-corrected chi connectivity index (χ1v) is 5.33. The van der Waals surface area contributed by atoms with E-state index in [4.69, 9.17) is 0 Å². The number of benzene rings is 1. The molecule has 17 heavy (non-hydrogen) atoms. The number of hydrogen-bond donors (Lipinski definition) is 0. The Bertz CT molecular complexity index is 602. The molecule has 0 aliphatic rings. The average molecular weight is 222 g/mol. The van der Waals surface area contributed by atoms with Crippen molar-refractivity contribution < 1.29 is 0 Å². The fraction of sp³-hybridized carbons (Fsp3) is 0. The van der Waals surface area contributed by atoms with Crippen LogP contribution in [0.4, 0.5) is 0 Å². The summed E-state index contributed by atoms with van der Waals surface area (Å²) in [6.45, 7) is 0. The van der Waals surface area contributed by atoms with Crippen LogP contribution in [0.1, 0.15) is 0 Å². The van der Waals surface area contributed by atoms with Crippen LogP contribution in [0, 0.1) is 0 Å². The predicted molar refractivity (Wildman–Crippen MR) is 64.6 cm³/mol. The van der Waals surface area contributed by atoms with Gasteiger partial charge in [-0.05, 0) is 12.1 Å². The molecule has 3 rings (SSSR count). The van der Waals surface area contributed by atoms with Crippen molar-refractivity contribution in [2.45, 2.75) is 0 Å². The van der Waals surface area contributed by atoms with Gasteiger partial charge >= 0.3 is 0 Å². The van der Waals surface area contributed by atoms with Crippen LogP contribution >= 0.6 is 0 Å². The maximum atomic E-state index is 4.55. The highest BCUT2D eigenvalue weighted by Gasteiger charge is 2.02. The smallest absolute Gasteiger partial charge is 0.155 e. The first kappa shape index (κ1) is 9.72. The van der Waals surface area contributed by atoms with Crippen molar-refractivity contribution in [2.24, 2.45) is 0 Å². The summed E-state index contributed by atoms with van der Waals surface area (Å²) in [5, 5.41) is 7.70. The molecule has 2 aromatic heterocycles. The molecule has 4 nitrogen and oxygen atoms in total. The quantitative estimate of drug-likeness (QED) is 0.668. The molecule has 1 aromatic carbocycles. The van der Waals surface area contributed by atoms with Gasteiger partial charge in [0, 0.05) is 5.56 Å². The monoisotopic (exact) mass is 222 g/mol. The molecule has 4 heteroatoms. The van der Waals surface area contributed by atoms with Gasteiger partial charge in [0.2, 0.25) is 0 Å². The second kappa shape index (κ2) is 4.17. The summed E-state index contributed by atoms with van der Waals surface area (Å²) in [7, 11) is 0. The van der Waals surface area contributed by atoms with Crippen molar-refractivity contribution in [3.8, 4) is 17.1 Å². The molecule has 0 saturated heterocycles. The zero-order chi connectivity index (χ0) is 11.5. The van der Waals surface area contributed by atoms with E-state index in [-0.39, 0.29) is 0 Å². The Labute approximate surface area is 98.6 Å². The molecule has 3 aromatic rings. The highest BCUT2D eigenvalue weighted by molar-refractivity contribution is 5.59. The van der Waals surface area contributed by atoms with Gasteiger partial charge in [0.15, 0.2) is 5.82 Å². The molecule has 0 atom stereocenters. The van der Waals surface area contributed by atoms with Crippen molar-refractivity contribution in [1.82, 2.24) is 20.0 Å². The minimum absolute atomic E-state index is 0.767. The summed E-state index contributed by atoms with van der Waals surface area (Å²) in [5.41, 5.74) is 2.02. The van der Waals surface area contributed by atoms with E-state index in [0.717, 1.165) is 17.1 Å². The number of pyridine rings is 1. The normalized spacial score (nSPS) is 10.4. The molecule has 0 bridgehead atoms. The molecule has 0 N–H and O–H groups in total. The summed E-state index contributed by atoms with van der Waals surface area (Å²) in [4.78, 5) is 4.55. The summed E-state index contributed by atoms with van der Waals surface area (Å²) in [6, 6.07) is 15.9. The SMILES string of the molecule is c1ccc(-c2cccc(-n3ccnn3)n2)cc1. The van der Waals surface area contributed by atoms with E-state index < -0.39 is 0 Å². The second-order valence-electron chi connectivity index (χ2n) is 3.59. The Balaban J connectivity index is 2.06. The van der Waals surface area contributed by atoms with Gasteiger partial charge in [0.25, 0.3) is 0 Å². The zero-order valence-electron chi connectivity index (χ0n) is 9.06. The number of hydrogen-bond acceptors (Lipinski definition) is 3. The average Bonchev–Trinajstić information content (AvgIpc) is 2.94. The molecular formula is C13H10N4. The van der Waals surface area contributed by atoms with Crippen LogP contribution in [0.3, 0.4) is 0 Å². The lowest BCUT2D eigenvalue weighted by Gasteiger charge is -2.03. The van der Waals surface area contributed by atoms with Gasteiger partial charge in [0.1, 0.15) is 0 Å². The van der Waals surface area contributed by atoms with Crippen LogP contribution in [0.5, 0.6) is 0 Å². The first-order chi connectivity index (χ1) is 8.43. The van der Waals surface area contributed by atoms with Gasteiger partial charge in [-0.3, -0.25) is 0 Å². The summed E-state index contributed by atoms with van der Waals surface area (Å²) in [6.07, 6.45) is 3.41. The van der Waals surface area contributed by atoms with Crippen molar-refractivity contribution in [1.29, 1.82) is 0 Å². The molecule has 0 saturated carbocycles. The van der Waals surface area contributed by atoms with Gasteiger partial charge in [-0.25, -0.2) is 9.67 Å². The Morgan fingerprint density at radius 1 is 0.882 bits per heavy atom. The van der Waals surface area contributed by atoms with Gasteiger partial charge < -0.3 is 0 Å². The van der Waals surface area contributed by atoms with Crippen LogP contribution in [-0.2, 0) is 0 Å². The van der Waals surface area contributed by atoms with E-state index in [9.17, 15) is 0 Å². The lowest BCUT2D eigenvalue weighted by Crippen LogP contribution is -1.99. The Morgan fingerprint density at radius 3 is 2.53 bits per heavy atom. The van der Waals surface area contributed by atoms with E-state index in [1.165, 1.54) is 0 Å². The van der Waals surface area contributed by atoms with Crippen LogP contribution in [-0.4, -0.2) is 20.0 Å². The van der Waals surface area contributed by atoms with Crippen LogP contribution in [0.15, 0.2) is 60.9 Å². The fourth-order valence-corrected chi connectivity index (χ4v) is 1.65. The molecule has 0 fully saturated rings. The minimum atomic E-state index is 0.767. The fourth-order valence-electron chi connectivity index (χ4n) is 1.65. The second-order valence-corrected chi connectivity index (χ2v) is 3.59. The van der Waals surface area contributed by atoms with Crippen molar-refractivity contribution in [3.63, 3.8) is 0 Å². The summed E-state index contributed by atoms with van der Waals surface area (Å²) >= 11 is 0. The van der Waals surface area contributed by atoms with Gasteiger partial charge in [-0.1, -0.05) is 41.6 Å². The molecule has 0 radical (unpaired) electrons. The molecule has 0 aliphatic carbocycles. The van der Waals surface area contributed by atoms with E-state index in [1.54, 1.807) is 17.1 Å². The minimum Gasteiger partial charge on any atom is -0.229 e. The third kappa shape index (κ3) is 1.92. The molecule has 0 unspecified atom stereocenters. The first-order valence-electron chi connectivity index (χ1n) is 5.33. The standard InChI is InChI=1S/C13H10N4/c1-2-5-11(6-3-1)12-7-4-8-13(15-12)17-10-9-14-16-17/h1-10H.